The second-order valence-electron chi connectivity index (χ2n) is 8.68. The zero-order valence-electron chi connectivity index (χ0n) is 19.6. The predicted octanol–water partition coefficient (Wildman–Crippen LogP) is 5.32. The molecule has 0 unspecified atom stereocenters. The number of nitrogens with one attached hydrogen (secondary N) is 2. The van der Waals surface area contributed by atoms with Gasteiger partial charge in [0.2, 0.25) is 15.9 Å². The number of thiocarbonyl (C=S) groups is 1. The molecule has 1 aliphatic carbocycles. The molecule has 0 aliphatic heterocycles. The quantitative estimate of drug-likeness (QED) is 0.349. The van der Waals surface area contributed by atoms with E-state index in [0.717, 1.165) is 42.0 Å². The lowest BCUT2D eigenvalue weighted by Crippen LogP contribution is -2.38. The number of fused-ring (bicyclic) bond motifs is 1. The van der Waals surface area contributed by atoms with Crippen LogP contribution < -0.4 is 10.6 Å². The van der Waals surface area contributed by atoms with E-state index in [1.54, 1.807) is 37.4 Å². The molecule has 3 aromatic carbocycles. The number of rotatable bonds is 6. The summed E-state index contributed by atoms with van der Waals surface area (Å²) in [6, 6.07) is 20.3. The highest BCUT2D eigenvalue weighted by atomic mass is 32.2. The monoisotopic (exact) mass is 507 g/mol. The Kier molecular flexibility index (Phi) is 7.95. The second kappa shape index (κ2) is 11.1. The van der Waals surface area contributed by atoms with Crippen molar-refractivity contribution in [1.29, 1.82) is 0 Å². The molecular weight excluding hydrogens is 478 g/mol. The minimum Gasteiger partial charge on any atom is -0.332 e. The predicted molar refractivity (Wildman–Crippen MR) is 146 cm³/mol. The Labute approximate surface area is 212 Å². The zero-order valence-corrected chi connectivity index (χ0v) is 21.2. The van der Waals surface area contributed by atoms with Gasteiger partial charge in [-0.2, -0.15) is 4.31 Å². The molecule has 35 heavy (non-hydrogen) atoms. The number of amides is 1. The van der Waals surface area contributed by atoms with Crippen molar-refractivity contribution in [1.82, 2.24) is 9.62 Å². The summed E-state index contributed by atoms with van der Waals surface area (Å²) in [6.07, 6.45) is 8.29. The van der Waals surface area contributed by atoms with Crippen molar-refractivity contribution in [2.24, 2.45) is 0 Å². The van der Waals surface area contributed by atoms with Crippen LogP contribution in [0.5, 0.6) is 0 Å². The molecule has 0 radical (unpaired) electrons. The first-order valence-electron chi connectivity index (χ1n) is 11.7. The lowest BCUT2D eigenvalue weighted by atomic mass is 9.96. The largest absolute Gasteiger partial charge is 0.332 e. The molecule has 0 aromatic heterocycles. The smallest absolute Gasteiger partial charge is 0.250 e. The molecule has 1 saturated carbocycles. The summed E-state index contributed by atoms with van der Waals surface area (Å²) >= 11 is 5.25. The molecule has 0 spiro atoms. The summed E-state index contributed by atoms with van der Waals surface area (Å²) in [5, 5.41) is 7.84. The first-order valence-corrected chi connectivity index (χ1v) is 13.6. The average Bonchev–Trinajstić information content (AvgIpc) is 2.87. The molecule has 0 heterocycles. The van der Waals surface area contributed by atoms with Gasteiger partial charge in [-0.3, -0.25) is 10.1 Å². The van der Waals surface area contributed by atoms with Gasteiger partial charge in [-0.15, -0.1) is 0 Å². The molecule has 0 atom stereocenters. The Balaban J connectivity index is 1.35. The van der Waals surface area contributed by atoms with Gasteiger partial charge in [-0.25, -0.2) is 8.42 Å². The van der Waals surface area contributed by atoms with Crippen molar-refractivity contribution in [3.05, 3.63) is 78.4 Å². The van der Waals surface area contributed by atoms with Crippen molar-refractivity contribution < 1.29 is 13.2 Å². The van der Waals surface area contributed by atoms with Gasteiger partial charge in [-0.05, 0) is 71.7 Å². The van der Waals surface area contributed by atoms with Gasteiger partial charge in [0, 0.05) is 24.9 Å². The third-order valence-electron chi connectivity index (χ3n) is 6.35. The number of carbonyl (C=O) groups is 1. The number of nitrogens with zero attached hydrogens (tertiary/aromatic N) is 1. The van der Waals surface area contributed by atoms with Crippen molar-refractivity contribution >= 4 is 55.8 Å². The number of benzene rings is 3. The fraction of sp³-hybridized carbons (Fsp3) is 0.259. The van der Waals surface area contributed by atoms with Gasteiger partial charge in [-0.1, -0.05) is 61.7 Å². The van der Waals surface area contributed by atoms with Crippen LogP contribution in [0, 0.1) is 0 Å². The van der Waals surface area contributed by atoms with Crippen molar-refractivity contribution in [2.45, 2.75) is 43.0 Å². The van der Waals surface area contributed by atoms with E-state index < -0.39 is 10.0 Å². The van der Waals surface area contributed by atoms with E-state index >= 15 is 0 Å². The van der Waals surface area contributed by atoms with Crippen molar-refractivity contribution in [2.75, 3.05) is 12.4 Å². The van der Waals surface area contributed by atoms with Gasteiger partial charge in [0.05, 0.1) is 4.90 Å². The molecule has 3 aromatic rings. The van der Waals surface area contributed by atoms with E-state index in [2.05, 4.69) is 10.6 Å². The fourth-order valence-electron chi connectivity index (χ4n) is 4.39. The van der Waals surface area contributed by atoms with Crippen molar-refractivity contribution in [3.63, 3.8) is 0 Å². The van der Waals surface area contributed by atoms with E-state index in [1.807, 2.05) is 42.5 Å². The van der Waals surface area contributed by atoms with Gasteiger partial charge in [0.15, 0.2) is 5.11 Å². The van der Waals surface area contributed by atoms with Gasteiger partial charge in [0.25, 0.3) is 0 Å². The SMILES string of the molecule is CN(C1CCCCC1)S(=O)(=O)c1ccc(NC(=S)NC(=O)C=Cc2cccc3ccccc23)cc1. The van der Waals surface area contributed by atoms with Crippen LogP contribution in [-0.4, -0.2) is 36.8 Å². The van der Waals surface area contributed by atoms with Crippen LogP contribution in [0.4, 0.5) is 5.69 Å². The third kappa shape index (κ3) is 6.14. The van der Waals surface area contributed by atoms with E-state index in [9.17, 15) is 13.2 Å². The maximum atomic E-state index is 13.0. The minimum atomic E-state index is -3.56. The average molecular weight is 508 g/mol. The summed E-state index contributed by atoms with van der Waals surface area (Å²) in [4.78, 5) is 12.6. The van der Waals surface area contributed by atoms with Gasteiger partial charge in [0.1, 0.15) is 0 Å². The summed E-state index contributed by atoms with van der Waals surface area (Å²) in [5.74, 6) is -0.358. The highest BCUT2D eigenvalue weighted by Gasteiger charge is 2.28. The van der Waals surface area contributed by atoms with E-state index in [1.165, 1.54) is 16.8 Å². The van der Waals surface area contributed by atoms with Crippen LogP contribution in [0.15, 0.2) is 77.7 Å². The number of sulfonamides is 1. The number of hydrogen-bond acceptors (Lipinski definition) is 4. The third-order valence-corrected chi connectivity index (χ3v) is 8.48. The lowest BCUT2D eigenvalue weighted by Gasteiger charge is -2.30. The zero-order chi connectivity index (χ0) is 24.8. The Bertz CT molecular complexity index is 1340. The Hall–Kier alpha value is -3.07. The maximum Gasteiger partial charge on any atom is 0.250 e. The first-order chi connectivity index (χ1) is 16.8. The highest BCUT2D eigenvalue weighted by molar-refractivity contribution is 7.89. The first kappa shape index (κ1) is 25.0. The molecule has 2 N–H and O–H groups in total. The number of hydrogen-bond donors (Lipinski definition) is 2. The molecular formula is C27H29N3O3S2. The number of carbonyl (C=O) groups excluding carboxylic acids is 1. The molecule has 1 aliphatic rings. The van der Waals surface area contributed by atoms with Crippen LogP contribution in [-0.2, 0) is 14.8 Å². The topological polar surface area (TPSA) is 78.5 Å². The highest BCUT2D eigenvalue weighted by Crippen LogP contribution is 2.27. The van der Waals surface area contributed by atoms with Crippen LogP contribution >= 0.6 is 12.2 Å². The Morgan fingerprint density at radius 1 is 0.971 bits per heavy atom. The molecule has 0 saturated heterocycles. The second-order valence-corrected chi connectivity index (χ2v) is 11.1. The molecule has 4 rings (SSSR count). The Morgan fingerprint density at radius 3 is 2.40 bits per heavy atom. The van der Waals surface area contributed by atoms with E-state index in [-0.39, 0.29) is 22.0 Å². The maximum absolute atomic E-state index is 13.0. The van der Waals surface area contributed by atoms with Crippen LogP contribution in [0.1, 0.15) is 37.7 Å². The van der Waals surface area contributed by atoms with Gasteiger partial charge >= 0.3 is 0 Å². The van der Waals surface area contributed by atoms with E-state index in [4.69, 9.17) is 12.2 Å². The van der Waals surface area contributed by atoms with Crippen molar-refractivity contribution in [3.8, 4) is 0 Å². The standard InChI is InChI=1S/C27H29N3O3S2/c1-30(23-11-3-2-4-12-23)35(32,33)24-17-15-22(16-18-24)28-27(34)29-26(31)19-14-21-10-7-9-20-8-5-6-13-25(20)21/h5-10,13-19,23H,2-4,11-12H2,1H3,(H2,28,29,31,34). The van der Waals surface area contributed by atoms with E-state index in [0.29, 0.717) is 5.69 Å². The molecule has 0 bridgehead atoms. The summed E-state index contributed by atoms with van der Waals surface area (Å²) < 4.78 is 27.5. The molecule has 1 amide bonds. The normalized spacial score (nSPS) is 14.9. The van der Waals surface area contributed by atoms with Crippen LogP contribution in [0.25, 0.3) is 16.8 Å². The molecule has 1 fully saturated rings. The Morgan fingerprint density at radius 2 is 1.66 bits per heavy atom. The fourth-order valence-corrected chi connectivity index (χ4v) is 6.03. The lowest BCUT2D eigenvalue weighted by molar-refractivity contribution is -0.115. The molecule has 6 nitrogen and oxygen atoms in total. The molecule has 182 valence electrons. The summed E-state index contributed by atoms with van der Waals surface area (Å²) in [7, 11) is -1.90. The van der Waals surface area contributed by atoms with Crippen LogP contribution in [0.2, 0.25) is 0 Å². The number of anilines is 1. The minimum absolute atomic E-state index is 0.0521. The van der Waals surface area contributed by atoms with Gasteiger partial charge < -0.3 is 5.32 Å². The summed E-state index contributed by atoms with van der Waals surface area (Å²) in [5.41, 5.74) is 1.53. The summed E-state index contributed by atoms with van der Waals surface area (Å²) in [6.45, 7) is 0. The molecule has 8 heteroatoms. The van der Waals surface area contributed by atoms with Crippen LogP contribution in [0.3, 0.4) is 0 Å².